The zero-order valence-electron chi connectivity index (χ0n) is 14.9. The first-order chi connectivity index (χ1) is 12.4. The lowest BCUT2D eigenvalue weighted by atomic mass is 10.2. The number of nitrogens with one attached hydrogen (secondary N) is 1. The van der Waals surface area contributed by atoms with E-state index < -0.39 is 5.97 Å². The molecule has 0 fully saturated rings. The summed E-state index contributed by atoms with van der Waals surface area (Å²) < 4.78 is 15.6. The highest BCUT2D eigenvalue weighted by Gasteiger charge is 2.15. The van der Waals surface area contributed by atoms with Gasteiger partial charge in [0.25, 0.3) is 0 Å². The first kappa shape index (κ1) is 19.4. The van der Waals surface area contributed by atoms with Crippen molar-refractivity contribution in [2.24, 2.45) is 5.10 Å². The highest BCUT2D eigenvalue weighted by molar-refractivity contribution is 7.09. The molecule has 26 heavy (non-hydrogen) atoms. The second kappa shape index (κ2) is 8.95. The van der Waals surface area contributed by atoms with Crippen molar-refractivity contribution in [2.45, 2.75) is 20.3 Å². The van der Waals surface area contributed by atoms with Crippen molar-refractivity contribution in [3.8, 4) is 17.2 Å². The van der Waals surface area contributed by atoms with Gasteiger partial charge in [-0.3, -0.25) is 9.59 Å². The molecule has 0 radical (unpaired) electrons. The third-order valence-corrected chi connectivity index (χ3v) is 4.08. The van der Waals surface area contributed by atoms with Crippen LogP contribution in [0.1, 0.15) is 23.2 Å². The van der Waals surface area contributed by atoms with Gasteiger partial charge in [-0.1, -0.05) is 0 Å². The molecule has 0 spiro atoms. The summed E-state index contributed by atoms with van der Waals surface area (Å²) >= 11 is 1.43. The number of nitrogens with zero attached hydrogens (tertiary/aromatic N) is 2. The van der Waals surface area contributed by atoms with Crippen LogP contribution in [0.4, 0.5) is 0 Å². The van der Waals surface area contributed by atoms with Crippen LogP contribution >= 0.6 is 11.3 Å². The van der Waals surface area contributed by atoms with E-state index in [0.29, 0.717) is 17.1 Å². The fraction of sp³-hybridized carbons (Fsp3) is 0.294. The minimum Gasteiger partial charge on any atom is -0.493 e. The minimum atomic E-state index is -0.493. The van der Waals surface area contributed by atoms with Crippen LogP contribution in [0.15, 0.2) is 22.6 Å². The van der Waals surface area contributed by atoms with Gasteiger partial charge in [0.2, 0.25) is 11.7 Å². The maximum Gasteiger partial charge on any atom is 0.308 e. The number of amides is 1. The lowest BCUT2D eigenvalue weighted by Crippen LogP contribution is -2.19. The van der Waals surface area contributed by atoms with Gasteiger partial charge >= 0.3 is 5.97 Å². The number of rotatable bonds is 7. The van der Waals surface area contributed by atoms with E-state index in [-0.39, 0.29) is 18.1 Å². The molecule has 9 heteroatoms. The van der Waals surface area contributed by atoms with Gasteiger partial charge < -0.3 is 14.2 Å². The molecule has 1 heterocycles. The van der Waals surface area contributed by atoms with Gasteiger partial charge in [0.05, 0.1) is 26.9 Å². The normalized spacial score (nSPS) is 10.6. The molecule has 1 aromatic heterocycles. The van der Waals surface area contributed by atoms with Crippen LogP contribution < -0.4 is 19.6 Å². The molecular formula is C17H19N3O5S. The van der Waals surface area contributed by atoms with Gasteiger partial charge in [0.15, 0.2) is 11.5 Å². The Morgan fingerprint density at radius 2 is 1.92 bits per heavy atom. The number of hydrogen-bond donors (Lipinski definition) is 1. The topological polar surface area (TPSA) is 99.1 Å². The Morgan fingerprint density at radius 1 is 1.27 bits per heavy atom. The number of methoxy groups -OCH3 is 2. The number of carbonyl (C=O) groups is 2. The predicted octanol–water partition coefficient (Wildman–Crippen LogP) is 2.09. The van der Waals surface area contributed by atoms with Crippen LogP contribution in [-0.2, 0) is 16.0 Å². The van der Waals surface area contributed by atoms with Crippen molar-refractivity contribution in [2.75, 3.05) is 14.2 Å². The summed E-state index contributed by atoms with van der Waals surface area (Å²) in [6.45, 7) is 3.16. The number of benzene rings is 1. The molecule has 1 aromatic carbocycles. The zero-order valence-corrected chi connectivity index (χ0v) is 15.7. The maximum atomic E-state index is 11.9. The predicted molar refractivity (Wildman–Crippen MR) is 97.1 cm³/mol. The van der Waals surface area contributed by atoms with E-state index in [1.165, 1.54) is 38.7 Å². The highest BCUT2D eigenvalue weighted by Crippen LogP contribution is 2.38. The minimum absolute atomic E-state index is 0.161. The second-order valence-electron chi connectivity index (χ2n) is 5.20. The van der Waals surface area contributed by atoms with Crippen LogP contribution in [0.25, 0.3) is 0 Å². The van der Waals surface area contributed by atoms with Crippen LogP contribution in [0.3, 0.4) is 0 Å². The van der Waals surface area contributed by atoms with Gasteiger partial charge in [-0.15, -0.1) is 11.3 Å². The van der Waals surface area contributed by atoms with E-state index in [1.54, 1.807) is 12.1 Å². The summed E-state index contributed by atoms with van der Waals surface area (Å²) in [7, 11) is 2.89. The number of hydrogen-bond acceptors (Lipinski definition) is 8. The Hall–Kier alpha value is -2.94. The summed E-state index contributed by atoms with van der Waals surface area (Å²) in [5.74, 6) is 0.0396. The van der Waals surface area contributed by atoms with Crippen LogP contribution in [-0.4, -0.2) is 37.3 Å². The number of carbonyl (C=O) groups excluding carboxylic acids is 2. The van der Waals surface area contributed by atoms with Gasteiger partial charge in [-0.25, -0.2) is 10.4 Å². The average Bonchev–Trinajstić information content (AvgIpc) is 2.99. The smallest absolute Gasteiger partial charge is 0.308 e. The Balaban J connectivity index is 2.09. The molecule has 2 rings (SSSR count). The number of ether oxygens (including phenoxy) is 3. The van der Waals surface area contributed by atoms with Crippen LogP contribution in [0.5, 0.6) is 17.2 Å². The summed E-state index contributed by atoms with van der Waals surface area (Å²) in [5.41, 5.74) is 3.92. The quantitative estimate of drug-likeness (QED) is 0.343. The van der Waals surface area contributed by atoms with Gasteiger partial charge in [-0.05, 0) is 19.1 Å². The number of esters is 1. The number of aromatic nitrogens is 1. The van der Waals surface area contributed by atoms with Crippen molar-refractivity contribution in [3.05, 3.63) is 33.8 Å². The van der Waals surface area contributed by atoms with Crippen molar-refractivity contribution >= 4 is 29.4 Å². The standard InChI is InChI=1S/C17H19N3O5S/c1-10-9-26-16(19-10)7-15(22)20-18-8-12-5-13(23-3)17(25-11(2)21)14(6-12)24-4/h5-6,8-9H,7H2,1-4H3,(H,20,22)/b18-8-. The summed E-state index contributed by atoms with van der Waals surface area (Å²) in [6.07, 6.45) is 1.60. The Bertz CT molecular complexity index is 807. The molecule has 1 N–H and O–H groups in total. The molecule has 0 saturated carbocycles. The Labute approximate surface area is 154 Å². The molecule has 0 atom stereocenters. The van der Waals surface area contributed by atoms with Crippen molar-refractivity contribution in [3.63, 3.8) is 0 Å². The fourth-order valence-corrected chi connectivity index (χ4v) is 2.83. The van der Waals surface area contributed by atoms with E-state index >= 15 is 0 Å². The lowest BCUT2D eigenvalue weighted by molar-refractivity contribution is -0.132. The molecule has 0 aliphatic carbocycles. The molecule has 0 saturated heterocycles. The molecular weight excluding hydrogens is 358 g/mol. The van der Waals surface area contributed by atoms with Crippen LogP contribution in [0, 0.1) is 6.92 Å². The van der Waals surface area contributed by atoms with Gasteiger partial charge in [0.1, 0.15) is 5.01 Å². The summed E-state index contributed by atoms with van der Waals surface area (Å²) in [4.78, 5) is 27.3. The molecule has 138 valence electrons. The summed E-state index contributed by atoms with van der Waals surface area (Å²) in [6, 6.07) is 3.22. The number of thiazole rings is 1. The monoisotopic (exact) mass is 377 g/mol. The zero-order chi connectivity index (χ0) is 19.1. The number of aryl methyl sites for hydroxylation is 1. The molecule has 0 aliphatic rings. The van der Waals surface area contributed by atoms with Gasteiger partial charge in [0, 0.05) is 23.6 Å². The molecule has 0 aliphatic heterocycles. The highest BCUT2D eigenvalue weighted by atomic mass is 32.1. The lowest BCUT2D eigenvalue weighted by Gasteiger charge is -2.13. The summed E-state index contributed by atoms with van der Waals surface area (Å²) in [5, 5.41) is 6.53. The first-order valence-electron chi connectivity index (χ1n) is 7.60. The van der Waals surface area contributed by atoms with E-state index in [2.05, 4.69) is 15.5 Å². The first-order valence-corrected chi connectivity index (χ1v) is 8.48. The average molecular weight is 377 g/mol. The van der Waals surface area contributed by atoms with E-state index in [9.17, 15) is 9.59 Å². The maximum absolute atomic E-state index is 11.9. The van der Waals surface area contributed by atoms with E-state index in [0.717, 1.165) is 10.7 Å². The molecule has 0 bridgehead atoms. The van der Waals surface area contributed by atoms with Gasteiger partial charge in [-0.2, -0.15) is 5.10 Å². The molecule has 8 nitrogen and oxygen atoms in total. The molecule has 0 unspecified atom stereocenters. The second-order valence-corrected chi connectivity index (χ2v) is 6.14. The molecule has 1 amide bonds. The third-order valence-electron chi connectivity index (χ3n) is 3.11. The Morgan fingerprint density at radius 3 is 2.42 bits per heavy atom. The third kappa shape index (κ3) is 5.28. The Kier molecular flexibility index (Phi) is 6.67. The van der Waals surface area contributed by atoms with Crippen molar-refractivity contribution < 1.29 is 23.8 Å². The van der Waals surface area contributed by atoms with Crippen LogP contribution in [0.2, 0.25) is 0 Å². The number of hydrazone groups is 1. The molecule has 2 aromatic rings. The van der Waals surface area contributed by atoms with E-state index in [4.69, 9.17) is 14.2 Å². The fourth-order valence-electron chi connectivity index (χ4n) is 2.06. The van der Waals surface area contributed by atoms with Crippen molar-refractivity contribution in [1.82, 2.24) is 10.4 Å². The van der Waals surface area contributed by atoms with E-state index in [1.807, 2.05) is 12.3 Å². The largest absolute Gasteiger partial charge is 0.493 e. The van der Waals surface area contributed by atoms with Crippen molar-refractivity contribution in [1.29, 1.82) is 0 Å². The SMILES string of the molecule is COc1cc(/C=N\NC(=O)Cc2nc(C)cs2)cc(OC)c1OC(C)=O.